The summed E-state index contributed by atoms with van der Waals surface area (Å²) < 4.78 is 5.82. The quantitative estimate of drug-likeness (QED) is 0.846. The van der Waals surface area contributed by atoms with Crippen molar-refractivity contribution in [2.75, 3.05) is 13.2 Å². The highest BCUT2D eigenvalue weighted by molar-refractivity contribution is 5.25. The summed E-state index contributed by atoms with van der Waals surface area (Å²) in [4.78, 5) is 0. The van der Waals surface area contributed by atoms with Crippen LogP contribution in [0.5, 0.6) is 0 Å². The molecule has 2 nitrogen and oxygen atoms in total. The summed E-state index contributed by atoms with van der Waals surface area (Å²) in [7, 11) is 0. The fraction of sp³-hybridized carbons (Fsp3) is 0.667. The topological polar surface area (TPSA) is 21.3 Å². The van der Waals surface area contributed by atoms with E-state index in [-0.39, 0.29) is 0 Å². The maximum absolute atomic E-state index is 5.82. The number of hydrogen-bond donors (Lipinski definition) is 1. The van der Waals surface area contributed by atoms with E-state index in [0.717, 1.165) is 25.5 Å². The third-order valence-electron chi connectivity index (χ3n) is 4.63. The van der Waals surface area contributed by atoms with E-state index in [4.69, 9.17) is 4.74 Å². The van der Waals surface area contributed by atoms with Crippen LogP contribution in [-0.2, 0) is 4.74 Å². The Morgan fingerprint density at radius 3 is 2.60 bits per heavy atom. The Hall–Kier alpha value is -0.860. The first-order valence-corrected chi connectivity index (χ1v) is 8.24. The van der Waals surface area contributed by atoms with Crippen LogP contribution in [0.25, 0.3) is 0 Å². The van der Waals surface area contributed by atoms with Gasteiger partial charge in [0.2, 0.25) is 0 Å². The van der Waals surface area contributed by atoms with Crippen LogP contribution in [0.3, 0.4) is 0 Å². The minimum atomic E-state index is 0.495. The monoisotopic (exact) mass is 273 g/mol. The lowest BCUT2D eigenvalue weighted by Gasteiger charge is -2.24. The normalized spacial score (nSPS) is 24.6. The minimum Gasteiger partial charge on any atom is -0.378 e. The molecular formula is C18H27NO. The van der Waals surface area contributed by atoms with E-state index in [0.29, 0.717) is 12.1 Å². The molecule has 3 rings (SSSR count). The van der Waals surface area contributed by atoms with E-state index < -0.39 is 0 Å². The van der Waals surface area contributed by atoms with E-state index in [1.54, 1.807) is 0 Å². The summed E-state index contributed by atoms with van der Waals surface area (Å²) in [6.07, 6.45) is 8.26. The molecule has 0 aromatic heterocycles. The lowest BCUT2D eigenvalue weighted by atomic mass is 10.0. The van der Waals surface area contributed by atoms with E-state index >= 15 is 0 Å². The molecule has 2 atom stereocenters. The van der Waals surface area contributed by atoms with E-state index in [9.17, 15) is 0 Å². The van der Waals surface area contributed by atoms with Crippen LogP contribution < -0.4 is 5.32 Å². The van der Waals surface area contributed by atoms with Crippen molar-refractivity contribution in [3.05, 3.63) is 35.4 Å². The van der Waals surface area contributed by atoms with Crippen molar-refractivity contribution >= 4 is 0 Å². The highest BCUT2D eigenvalue weighted by Gasteiger charge is 2.31. The Morgan fingerprint density at radius 2 is 1.95 bits per heavy atom. The summed E-state index contributed by atoms with van der Waals surface area (Å²) in [5.41, 5.74) is 2.81. The largest absolute Gasteiger partial charge is 0.378 e. The molecule has 2 aliphatic rings. The number of ether oxygens (including phenoxy) is 1. The van der Waals surface area contributed by atoms with Gasteiger partial charge in [-0.3, -0.25) is 0 Å². The van der Waals surface area contributed by atoms with Crippen LogP contribution in [0.2, 0.25) is 0 Å². The van der Waals surface area contributed by atoms with Crippen LogP contribution in [0.4, 0.5) is 0 Å². The van der Waals surface area contributed by atoms with Gasteiger partial charge in [0, 0.05) is 12.6 Å². The standard InChI is InChI=1S/C18H27NO/c1-14-5-7-15(8-6-14)18(16-9-10-16)19-12-11-17-4-2-3-13-20-17/h5-8,16-19H,2-4,9-13H2,1H3. The highest BCUT2D eigenvalue weighted by atomic mass is 16.5. The molecule has 0 spiro atoms. The summed E-state index contributed by atoms with van der Waals surface area (Å²) in [5.74, 6) is 0.852. The molecule has 1 aromatic carbocycles. The van der Waals surface area contributed by atoms with Gasteiger partial charge in [-0.15, -0.1) is 0 Å². The Morgan fingerprint density at radius 1 is 1.15 bits per heavy atom. The first-order valence-electron chi connectivity index (χ1n) is 8.24. The maximum Gasteiger partial charge on any atom is 0.0587 e. The van der Waals surface area contributed by atoms with Crippen LogP contribution in [0.1, 0.15) is 55.7 Å². The maximum atomic E-state index is 5.82. The Balaban J connectivity index is 1.51. The number of benzene rings is 1. The summed E-state index contributed by atoms with van der Waals surface area (Å²) >= 11 is 0. The third kappa shape index (κ3) is 3.83. The van der Waals surface area contributed by atoms with Crippen molar-refractivity contribution < 1.29 is 4.74 Å². The van der Waals surface area contributed by atoms with Crippen LogP contribution in [-0.4, -0.2) is 19.3 Å². The van der Waals surface area contributed by atoms with Gasteiger partial charge < -0.3 is 10.1 Å². The van der Waals surface area contributed by atoms with Gasteiger partial charge in [0.15, 0.2) is 0 Å². The first-order chi connectivity index (χ1) is 9.83. The molecule has 0 bridgehead atoms. The van der Waals surface area contributed by atoms with Gasteiger partial charge in [-0.25, -0.2) is 0 Å². The third-order valence-corrected chi connectivity index (χ3v) is 4.63. The SMILES string of the molecule is Cc1ccc(C(NCCC2CCCCO2)C2CC2)cc1. The van der Waals surface area contributed by atoms with Crippen molar-refractivity contribution in [1.29, 1.82) is 0 Å². The molecule has 1 aromatic rings. The fourth-order valence-electron chi connectivity index (χ4n) is 3.19. The molecule has 1 aliphatic carbocycles. The van der Waals surface area contributed by atoms with Gasteiger partial charge in [-0.05, 0) is 63.5 Å². The second-order valence-electron chi connectivity index (χ2n) is 6.46. The van der Waals surface area contributed by atoms with Gasteiger partial charge in [0.05, 0.1) is 6.10 Å². The van der Waals surface area contributed by atoms with Gasteiger partial charge >= 0.3 is 0 Å². The van der Waals surface area contributed by atoms with E-state index in [1.807, 2.05) is 0 Å². The van der Waals surface area contributed by atoms with Gasteiger partial charge in [0.25, 0.3) is 0 Å². The lowest BCUT2D eigenvalue weighted by Crippen LogP contribution is -2.29. The van der Waals surface area contributed by atoms with Crippen LogP contribution in [0.15, 0.2) is 24.3 Å². The molecule has 2 fully saturated rings. The first kappa shape index (κ1) is 14.1. The van der Waals surface area contributed by atoms with Crippen molar-refractivity contribution in [2.45, 2.75) is 57.6 Å². The molecule has 2 heteroatoms. The Bertz CT molecular complexity index is 404. The summed E-state index contributed by atoms with van der Waals surface area (Å²) in [6.45, 7) is 4.21. The van der Waals surface area contributed by atoms with Crippen molar-refractivity contribution in [3.8, 4) is 0 Å². The van der Waals surface area contributed by atoms with Crippen LogP contribution in [0, 0.1) is 12.8 Å². The smallest absolute Gasteiger partial charge is 0.0587 e. The summed E-state index contributed by atoms with van der Waals surface area (Å²) in [6, 6.07) is 9.61. The molecule has 1 N–H and O–H groups in total. The van der Waals surface area contributed by atoms with E-state index in [1.165, 1.54) is 43.2 Å². The fourth-order valence-corrected chi connectivity index (χ4v) is 3.19. The zero-order valence-corrected chi connectivity index (χ0v) is 12.6. The molecule has 20 heavy (non-hydrogen) atoms. The molecule has 0 amide bonds. The van der Waals surface area contributed by atoms with Crippen molar-refractivity contribution in [2.24, 2.45) is 5.92 Å². The van der Waals surface area contributed by atoms with Crippen LogP contribution >= 0.6 is 0 Å². The second-order valence-corrected chi connectivity index (χ2v) is 6.46. The second kappa shape index (κ2) is 6.73. The average Bonchev–Trinajstić information content (AvgIpc) is 3.31. The predicted octanol–water partition coefficient (Wildman–Crippen LogP) is 3.99. The minimum absolute atomic E-state index is 0.495. The average molecular weight is 273 g/mol. The number of rotatable bonds is 6. The molecule has 110 valence electrons. The van der Waals surface area contributed by atoms with Gasteiger partial charge in [-0.1, -0.05) is 29.8 Å². The molecule has 1 saturated carbocycles. The summed E-state index contributed by atoms with van der Waals surface area (Å²) in [5, 5.41) is 3.78. The van der Waals surface area contributed by atoms with E-state index in [2.05, 4.69) is 36.5 Å². The Kier molecular flexibility index (Phi) is 4.74. The zero-order chi connectivity index (χ0) is 13.8. The lowest BCUT2D eigenvalue weighted by molar-refractivity contribution is 0.0111. The zero-order valence-electron chi connectivity index (χ0n) is 12.6. The number of aryl methyl sites for hydroxylation is 1. The molecule has 1 aliphatic heterocycles. The molecule has 1 heterocycles. The molecule has 1 saturated heterocycles. The number of nitrogens with one attached hydrogen (secondary N) is 1. The predicted molar refractivity (Wildman–Crippen MR) is 82.9 cm³/mol. The van der Waals surface area contributed by atoms with Gasteiger partial charge in [0.1, 0.15) is 0 Å². The van der Waals surface area contributed by atoms with Gasteiger partial charge in [-0.2, -0.15) is 0 Å². The molecular weight excluding hydrogens is 246 g/mol. The van der Waals surface area contributed by atoms with Crippen molar-refractivity contribution in [1.82, 2.24) is 5.32 Å². The molecule has 2 unspecified atom stereocenters. The molecule has 0 radical (unpaired) electrons. The number of hydrogen-bond acceptors (Lipinski definition) is 2. The highest BCUT2D eigenvalue weighted by Crippen LogP contribution is 2.41. The Labute approximate surface area is 122 Å². The van der Waals surface area contributed by atoms with Crippen molar-refractivity contribution in [3.63, 3.8) is 0 Å².